The van der Waals surface area contributed by atoms with Crippen LogP contribution in [0, 0.1) is 0 Å². The number of methoxy groups -OCH3 is 2. The van der Waals surface area contributed by atoms with Crippen LogP contribution < -0.4 is 29.6 Å². The van der Waals surface area contributed by atoms with Crippen molar-refractivity contribution in [1.29, 1.82) is 0 Å². The minimum Gasteiger partial charge on any atom is -0.496 e. The Labute approximate surface area is 206 Å². The van der Waals surface area contributed by atoms with E-state index in [4.69, 9.17) is 18.9 Å². The molecule has 0 unspecified atom stereocenters. The van der Waals surface area contributed by atoms with Gasteiger partial charge in [0.05, 0.1) is 25.5 Å². The zero-order valence-corrected chi connectivity index (χ0v) is 19.4. The van der Waals surface area contributed by atoms with Crippen molar-refractivity contribution in [2.24, 2.45) is 0 Å². The average molecular weight is 490 g/mol. The van der Waals surface area contributed by atoms with E-state index in [9.17, 15) is 19.5 Å². The fourth-order valence-electron chi connectivity index (χ4n) is 3.45. The van der Waals surface area contributed by atoms with E-state index in [0.717, 1.165) is 0 Å². The number of nitrogens with one attached hydrogen (secondary N) is 2. The summed E-state index contributed by atoms with van der Waals surface area (Å²) in [6, 6.07) is 15.6. The Bertz CT molecular complexity index is 1350. The molecule has 10 nitrogen and oxygen atoms in total. The summed E-state index contributed by atoms with van der Waals surface area (Å²) in [6.45, 7) is 0.0451. The quantitative estimate of drug-likeness (QED) is 0.409. The molecule has 3 N–H and O–H groups in total. The lowest BCUT2D eigenvalue weighted by Gasteiger charge is -2.15. The van der Waals surface area contributed by atoms with E-state index >= 15 is 0 Å². The summed E-state index contributed by atoms with van der Waals surface area (Å²) in [5.41, 5.74) is 0.692. The van der Waals surface area contributed by atoms with Gasteiger partial charge in [0, 0.05) is 17.2 Å². The number of ether oxygens (including phenoxy) is 4. The monoisotopic (exact) mass is 490 g/mol. The van der Waals surface area contributed by atoms with Crippen LogP contribution >= 0.6 is 0 Å². The van der Waals surface area contributed by atoms with Crippen molar-refractivity contribution in [1.82, 2.24) is 5.32 Å². The third-order valence-electron chi connectivity index (χ3n) is 5.25. The van der Waals surface area contributed by atoms with Crippen LogP contribution in [0.2, 0.25) is 0 Å². The smallest absolute Gasteiger partial charge is 0.335 e. The normalized spacial score (nSPS) is 12.0. The summed E-state index contributed by atoms with van der Waals surface area (Å²) < 4.78 is 21.5. The number of carbonyl (C=O) groups excluding carboxylic acids is 2. The van der Waals surface area contributed by atoms with Crippen LogP contribution in [0.5, 0.6) is 23.0 Å². The summed E-state index contributed by atoms with van der Waals surface area (Å²) in [4.78, 5) is 37.7. The van der Waals surface area contributed by atoms with Crippen molar-refractivity contribution < 1.29 is 38.4 Å². The van der Waals surface area contributed by atoms with Gasteiger partial charge < -0.3 is 34.7 Å². The number of anilines is 1. The predicted molar refractivity (Wildman–Crippen MR) is 130 cm³/mol. The molecule has 36 heavy (non-hydrogen) atoms. The first kappa shape index (κ1) is 24.1. The number of rotatable bonds is 8. The van der Waals surface area contributed by atoms with E-state index in [1.165, 1.54) is 38.5 Å². The topological polar surface area (TPSA) is 132 Å². The maximum Gasteiger partial charge on any atom is 0.335 e. The number of amides is 2. The summed E-state index contributed by atoms with van der Waals surface area (Å²) in [6.07, 6.45) is 1.42. The first-order chi connectivity index (χ1) is 17.4. The predicted octanol–water partition coefficient (Wildman–Crippen LogP) is 3.54. The summed E-state index contributed by atoms with van der Waals surface area (Å²) in [7, 11) is 2.84. The Hall–Kier alpha value is -4.99. The molecule has 0 radical (unpaired) electrons. The summed E-state index contributed by atoms with van der Waals surface area (Å²) >= 11 is 0. The Kier molecular flexibility index (Phi) is 7.05. The minimum absolute atomic E-state index is 0.0451. The fraction of sp³-hybridized carbons (Fsp3) is 0.115. The highest BCUT2D eigenvalue weighted by atomic mass is 16.7. The van der Waals surface area contributed by atoms with Crippen molar-refractivity contribution >= 4 is 29.5 Å². The number of hydrogen-bond donors (Lipinski definition) is 3. The molecule has 1 heterocycles. The first-order valence-electron chi connectivity index (χ1n) is 10.7. The zero-order chi connectivity index (χ0) is 25.7. The van der Waals surface area contributed by atoms with E-state index in [0.29, 0.717) is 28.4 Å². The molecule has 0 atom stereocenters. The van der Waals surface area contributed by atoms with Gasteiger partial charge in [0.25, 0.3) is 11.8 Å². The highest BCUT2D eigenvalue weighted by Crippen LogP contribution is 2.39. The summed E-state index contributed by atoms with van der Waals surface area (Å²) in [5.74, 6) is -0.869. The van der Waals surface area contributed by atoms with Crippen molar-refractivity contribution in [3.05, 3.63) is 83.1 Å². The van der Waals surface area contributed by atoms with Gasteiger partial charge in [0.1, 0.15) is 17.2 Å². The Morgan fingerprint density at radius 3 is 2.25 bits per heavy atom. The molecule has 2 amide bonds. The molecule has 0 bridgehead atoms. The van der Waals surface area contributed by atoms with Gasteiger partial charge >= 0.3 is 5.97 Å². The Morgan fingerprint density at radius 1 is 0.889 bits per heavy atom. The molecule has 0 aromatic heterocycles. The molecule has 0 saturated carbocycles. The van der Waals surface area contributed by atoms with Crippen LogP contribution in [0.4, 0.5) is 5.69 Å². The van der Waals surface area contributed by atoms with E-state index in [-0.39, 0.29) is 29.5 Å². The molecular weight excluding hydrogens is 468 g/mol. The molecule has 0 saturated heterocycles. The van der Waals surface area contributed by atoms with E-state index in [2.05, 4.69) is 10.6 Å². The second-order valence-corrected chi connectivity index (χ2v) is 7.50. The highest BCUT2D eigenvalue weighted by Gasteiger charge is 2.21. The molecule has 1 aliphatic heterocycles. The van der Waals surface area contributed by atoms with Crippen LogP contribution in [-0.4, -0.2) is 43.9 Å². The molecule has 3 aromatic carbocycles. The molecule has 10 heteroatoms. The van der Waals surface area contributed by atoms with Crippen molar-refractivity contribution in [2.75, 3.05) is 26.3 Å². The maximum atomic E-state index is 13.4. The third kappa shape index (κ3) is 5.22. The first-order valence-corrected chi connectivity index (χ1v) is 10.7. The lowest BCUT2D eigenvalue weighted by molar-refractivity contribution is -0.113. The van der Waals surface area contributed by atoms with Gasteiger partial charge in [-0.25, -0.2) is 4.79 Å². The number of carbonyl (C=O) groups is 3. The zero-order valence-electron chi connectivity index (χ0n) is 19.4. The van der Waals surface area contributed by atoms with E-state index < -0.39 is 17.8 Å². The van der Waals surface area contributed by atoms with Crippen molar-refractivity contribution in [3.63, 3.8) is 0 Å². The van der Waals surface area contributed by atoms with Crippen LogP contribution in [-0.2, 0) is 4.79 Å². The Balaban J connectivity index is 1.73. The van der Waals surface area contributed by atoms with Crippen LogP contribution in [0.1, 0.15) is 26.3 Å². The van der Waals surface area contributed by atoms with Gasteiger partial charge in [-0.3, -0.25) is 9.59 Å². The van der Waals surface area contributed by atoms with Crippen LogP contribution in [0.15, 0.2) is 66.4 Å². The average Bonchev–Trinajstić information content (AvgIpc) is 3.35. The molecule has 4 rings (SSSR count). The maximum absolute atomic E-state index is 13.4. The van der Waals surface area contributed by atoms with Crippen molar-refractivity contribution in [2.45, 2.75) is 0 Å². The largest absolute Gasteiger partial charge is 0.496 e. The van der Waals surface area contributed by atoms with Gasteiger partial charge in [-0.05, 0) is 42.5 Å². The highest BCUT2D eigenvalue weighted by molar-refractivity contribution is 6.11. The van der Waals surface area contributed by atoms with Gasteiger partial charge in [-0.2, -0.15) is 0 Å². The van der Waals surface area contributed by atoms with Gasteiger partial charge in [0.15, 0.2) is 11.5 Å². The number of hydrogen-bond acceptors (Lipinski definition) is 7. The SMILES string of the molecule is COc1cc2c(cc1/C=C(\NC(=O)c1ccccc1)C(=O)Nc1cc(C(=O)O)ccc1OC)OCO2. The standard InChI is InChI=1S/C26H22N2O8/c1-33-20-9-8-16(26(31)32)10-18(20)27-25(30)19(28-24(29)15-6-4-3-5-7-15)11-17-12-22-23(36-14-35-22)13-21(17)34-2/h3-13H,14H2,1-2H3,(H,27,30)(H,28,29)(H,31,32)/b19-11-. The fourth-order valence-corrected chi connectivity index (χ4v) is 3.45. The Morgan fingerprint density at radius 2 is 1.58 bits per heavy atom. The lowest BCUT2D eigenvalue weighted by Crippen LogP contribution is -2.31. The molecule has 0 spiro atoms. The minimum atomic E-state index is -1.17. The van der Waals surface area contributed by atoms with Crippen LogP contribution in [0.3, 0.4) is 0 Å². The second-order valence-electron chi connectivity index (χ2n) is 7.50. The number of carboxylic acids is 1. The molecule has 1 aliphatic rings. The van der Waals surface area contributed by atoms with E-state index in [1.807, 2.05) is 0 Å². The van der Waals surface area contributed by atoms with Gasteiger partial charge in [0.2, 0.25) is 6.79 Å². The number of benzene rings is 3. The number of aromatic carboxylic acids is 1. The molecule has 0 fully saturated rings. The second kappa shape index (κ2) is 10.5. The summed E-state index contributed by atoms with van der Waals surface area (Å²) in [5, 5.41) is 14.6. The number of carboxylic acid groups (broad SMARTS) is 1. The number of fused-ring (bicyclic) bond motifs is 1. The molecule has 3 aromatic rings. The molecule has 184 valence electrons. The van der Waals surface area contributed by atoms with Crippen molar-refractivity contribution in [3.8, 4) is 23.0 Å². The van der Waals surface area contributed by atoms with Gasteiger partial charge in [-0.15, -0.1) is 0 Å². The van der Waals surface area contributed by atoms with Gasteiger partial charge in [-0.1, -0.05) is 18.2 Å². The molecule has 0 aliphatic carbocycles. The van der Waals surface area contributed by atoms with Crippen LogP contribution in [0.25, 0.3) is 6.08 Å². The lowest BCUT2D eigenvalue weighted by atomic mass is 10.1. The molecular formula is C26H22N2O8. The third-order valence-corrected chi connectivity index (χ3v) is 5.25. The van der Waals surface area contributed by atoms with E-state index in [1.54, 1.807) is 42.5 Å².